The van der Waals surface area contributed by atoms with E-state index in [1.54, 1.807) is 6.92 Å². The maximum atomic E-state index is 12.5. The van der Waals surface area contributed by atoms with Crippen molar-refractivity contribution in [3.63, 3.8) is 0 Å². The molecule has 112 valence electrons. The summed E-state index contributed by atoms with van der Waals surface area (Å²) in [5.74, 6) is -0.217. The number of hydrogen-bond acceptors (Lipinski definition) is 2. The van der Waals surface area contributed by atoms with E-state index in [1.165, 1.54) is 11.8 Å². The molecule has 0 saturated carbocycles. The maximum absolute atomic E-state index is 12.5. The third-order valence-corrected chi connectivity index (χ3v) is 3.80. The van der Waals surface area contributed by atoms with Crippen LogP contribution in [0.2, 0.25) is 0 Å². The highest BCUT2D eigenvalue weighted by Crippen LogP contribution is 2.31. The van der Waals surface area contributed by atoms with E-state index in [2.05, 4.69) is 5.32 Å². The Morgan fingerprint density at radius 1 is 1.42 bits per heavy atom. The molecule has 1 amide bonds. The van der Waals surface area contributed by atoms with Gasteiger partial charge in [0, 0.05) is 6.04 Å². The maximum Gasteiger partial charge on any atom is 0.391 e. The number of carbonyl (C=O) groups is 1. The van der Waals surface area contributed by atoms with Gasteiger partial charge in [0.25, 0.3) is 0 Å². The van der Waals surface area contributed by atoms with E-state index in [9.17, 15) is 18.0 Å². The van der Waals surface area contributed by atoms with Gasteiger partial charge in [-0.2, -0.15) is 13.2 Å². The van der Waals surface area contributed by atoms with E-state index in [0.29, 0.717) is 12.8 Å². The lowest BCUT2D eigenvalue weighted by Crippen LogP contribution is -2.45. The van der Waals surface area contributed by atoms with Crippen LogP contribution in [0.1, 0.15) is 53.4 Å². The fourth-order valence-electron chi connectivity index (χ4n) is 2.60. The van der Waals surface area contributed by atoms with Crippen molar-refractivity contribution in [3.8, 4) is 0 Å². The predicted octanol–water partition coefficient (Wildman–Crippen LogP) is 3.05. The molecule has 6 heteroatoms. The molecule has 1 heterocycles. The second kappa shape index (κ2) is 5.69. The van der Waals surface area contributed by atoms with Crippen molar-refractivity contribution in [2.24, 2.45) is 0 Å². The van der Waals surface area contributed by atoms with Gasteiger partial charge >= 0.3 is 6.18 Å². The van der Waals surface area contributed by atoms with E-state index in [1.807, 2.05) is 13.8 Å². The molecule has 1 fully saturated rings. The molecule has 1 aliphatic heterocycles. The van der Waals surface area contributed by atoms with Crippen LogP contribution in [-0.4, -0.2) is 34.7 Å². The predicted molar refractivity (Wildman–Crippen MR) is 67.5 cm³/mol. The molecule has 0 spiro atoms. The van der Waals surface area contributed by atoms with Crippen molar-refractivity contribution < 1.29 is 18.0 Å². The zero-order valence-electron chi connectivity index (χ0n) is 12.0. The molecule has 3 nitrogen and oxygen atoms in total. The first-order valence-corrected chi connectivity index (χ1v) is 6.81. The Kier molecular flexibility index (Phi) is 4.87. The van der Waals surface area contributed by atoms with Crippen molar-refractivity contribution in [2.45, 2.75) is 77.3 Å². The Morgan fingerprint density at radius 3 is 2.42 bits per heavy atom. The van der Waals surface area contributed by atoms with Crippen LogP contribution in [0.5, 0.6) is 0 Å². The monoisotopic (exact) mass is 280 g/mol. The van der Waals surface area contributed by atoms with Crippen LogP contribution in [0.4, 0.5) is 13.2 Å². The molecule has 3 unspecified atom stereocenters. The number of nitrogens with one attached hydrogen (secondary N) is 1. The molecule has 1 aliphatic rings. The summed E-state index contributed by atoms with van der Waals surface area (Å²) in [5, 5.41) is 3.19. The van der Waals surface area contributed by atoms with Gasteiger partial charge in [-0.15, -0.1) is 0 Å². The molecule has 0 radical (unpaired) electrons. The fraction of sp³-hybridized carbons (Fsp3) is 0.923. The summed E-state index contributed by atoms with van der Waals surface area (Å²) in [4.78, 5) is 13.8. The third kappa shape index (κ3) is 3.61. The Morgan fingerprint density at radius 2 is 2.00 bits per heavy atom. The SMILES string of the molecule is CCCC1NC(C)(CC)C(=O)N1C(C)CC(F)(F)F. The summed E-state index contributed by atoms with van der Waals surface area (Å²) >= 11 is 0. The molecular formula is C13H23F3N2O. The normalized spacial score (nSPS) is 29.9. The minimum absolute atomic E-state index is 0.217. The Hall–Kier alpha value is -0.780. The number of rotatable bonds is 5. The molecule has 0 bridgehead atoms. The Labute approximate surface area is 112 Å². The van der Waals surface area contributed by atoms with E-state index in [0.717, 1.165) is 6.42 Å². The molecule has 0 aromatic heterocycles. The zero-order chi connectivity index (χ0) is 14.8. The molecule has 0 aromatic carbocycles. The minimum Gasteiger partial charge on any atom is -0.323 e. The minimum atomic E-state index is -4.25. The summed E-state index contributed by atoms with van der Waals surface area (Å²) in [7, 11) is 0. The van der Waals surface area contributed by atoms with Gasteiger partial charge in [-0.1, -0.05) is 20.3 Å². The van der Waals surface area contributed by atoms with Crippen molar-refractivity contribution in [3.05, 3.63) is 0 Å². The largest absolute Gasteiger partial charge is 0.391 e. The quantitative estimate of drug-likeness (QED) is 0.839. The van der Waals surface area contributed by atoms with Gasteiger partial charge in [0.05, 0.1) is 18.1 Å². The number of hydrogen-bond donors (Lipinski definition) is 1. The second-order valence-electron chi connectivity index (χ2n) is 5.52. The summed E-state index contributed by atoms with van der Waals surface area (Å²) < 4.78 is 37.5. The molecule has 1 saturated heterocycles. The van der Waals surface area contributed by atoms with Gasteiger partial charge in [-0.3, -0.25) is 10.1 Å². The smallest absolute Gasteiger partial charge is 0.323 e. The van der Waals surface area contributed by atoms with Gasteiger partial charge in [0.1, 0.15) is 0 Å². The summed E-state index contributed by atoms with van der Waals surface area (Å²) in [5.41, 5.74) is -0.736. The first-order valence-electron chi connectivity index (χ1n) is 6.81. The average molecular weight is 280 g/mol. The lowest BCUT2D eigenvalue weighted by atomic mass is 9.99. The summed E-state index contributed by atoms with van der Waals surface area (Å²) in [6.07, 6.45) is -3.44. The molecule has 19 heavy (non-hydrogen) atoms. The van der Waals surface area contributed by atoms with Crippen LogP contribution in [0, 0.1) is 0 Å². The van der Waals surface area contributed by atoms with Gasteiger partial charge in [-0.05, 0) is 26.7 Å². The second-order valence-corrected chi connectivity index (χ2v) is 5.52. The van der Waals surface area contributed by atoms with Crippen LogP contribution in [0.15, 0.2) is 0 Å². The first-order chi connectivity index (χ1) is 8.64. The van der Waals surface area contributed by atoms with Crippen LogP contribution in [0.3, 0.4) is 0 Å². The van der Waals surface area contributed by atoms with Gasteiger partial charge < -0.3 is 4.90 Å². The molecule has 1 N–H and O–H groups in total. The number of alkyl halides is 3. The van der Waals surface area contributed by atoms with Crippen LogP contribution >= 0.6 is 0 Å². The van der Waals surface area contributed by atoms with Crippen molar-refractivity contribution in [1.29, 1.82) is 0 Å². The van der Waals surface area contributed by atoms with E-state index >= 15 is 0 Å². The number of nitrogens with zero attached hydrogens (tertiary/aromatic N) is 1. The van der Waals surface area contributed by atoms with Gasteiger partial charge in [0.15, 0.2) is 0 Å². The number of halogens is 3. The third-order valence-electron chi connectivity index (χ3n) is 3.80. The molecule has 0 aromatic rings. The fourth-order valence-corrected chi connectivity index (χ4v) is 2.60. The standard InChI is InChI=1S/C13H23F3N2O/c1-5-7-10-17-12(4,6-2)11(19)18(10)9(3)8-13(14,15)16/h9-10,17H,5-8H2,1-4H3. The van der Waals surface area contributed by atoms with Crippen molar-refractivity contribution >= 4 is 5.91 Å². The Balaban J connectivity index is 2.91. The number of amides is 1. The molecule has 1 rings (SSSR count). The number of carbonyl (C=O) groups excluding carboxylic acids is 1. The molecule has 3 atom stereocenters. The topological polar surface area (TPSA) is 32.3 Å². The lowest BCUT2D eigenvalue weighted by Gasteiger charge is -2.31. The lowest BCUT2D eigenvalue weighted by molar-refractivity contribution is -0.154. The van der Waals surface area contributed by atoms with E-state index in [4.69, 9.17) is 0 Å². The van der Waals surface area contributed by atoms with Crippen LogP contribution in [-0.2, 0) is 4.79 Å². The zero-order valence-corrected chi connectivity index (χ0v) is 12.0. The van der Waals surface area contributed by atoms with Crippen LogP contribution < -0.4 is 5.32 Å². The highest BCUT2D eigenvalue weighted by molar-refractivity contribution is 5.88. The van der Waals surface area contributed by atoms with E-state index in [-0.39, 0.29) is 12.1 Å². The summed E-state index contributed by atoms with van der Waals surface area (Å²) in [6.45, 7) is 7.06. The van der Waals surface area contributed by atoms with Gasteiger partial charge in [-0.25, -0.2) is 0 Å². The summed E-state index contributed by atoms with van der Waals surface area (Å²) in [6, 6.07) is -0.829. The highest BCUT2D eigenvalue weighted by atomic mass is 19.4. The van der Waals surface area contributed by atoms with E-state index < -0.39 is 24.2 Å². The van der Waals surface area contributed by atoms with Crippen LogP contribution in [0.25, 0.3) is 0 Å². The highest BCUT2D eigenvalue weighted by Gasteiger charge is 2.49. The molecule has 0 aliphatic carbocycles. The van der Waals surface area contributed by atoms with Crippen molar-refractivity contribution in [1.82, 2.24) is 10.2 Å². The van der Waals surface area contributed by atoms with Gasteiger partial charge in [0.2, 0.25) is 5.91 Å². The van der Waals surface area contributed by atoms with Crippen molar-refractivity contribution in [2.75, 3.05) is 0 Å². The molecular weight excluding hydrogens is 257 g/mol. The Bertz CT molecular complexity index is 332. The first kappa shape index (κ1) is 16.3. The average Bonchev–Trinajstić information content (AvgIpc) is 2.50.